The molecule has 1 unspecified atom stereocenters. The van der Waals surface area contributed by atoms with Crippen molar-refractivity contribution in [1.29, 1.82) is 0 Å². The molecule has 2 rings (SSSR count). The summed E-state index contributed by atoms with van der Waals surface area (Å²) < 4.78 is 32.2. The number of benzene rings is 1. The van der Waals surface area contributed by atoms with Gasteiger partial charge in [-0.25, -0.2) is 17.9 Å². The van der Waals surface area contributed by atoms with Crippen LogP contribution in [0.25, 0.3) is 11.0 Å². The molecule has 2 N–H and O–H groups in total. The van der Waals surface area contributed by atoms with E-state index in [9.17, 15) is 18.3 Å². The fourth-order valence-electron chi connectivity index (χ4n) is 1.82. The Morgan fingerprint density at radius 2 is 2.00 bits per heavy atom. The smallest absolute Gasteiger partial charge is 0.336 e. The normalized spacial score (nSPS) is 15.0. The van der Waals surface area contributed by atoms with Crippen molar-refractivity contribution in [2.24, 2.45) is 0 Å². The molecule has 0 aliphatic carbocycles. The molecule has 114 valence electrons. The van der Waals surface area contributed by atoms with Gasteiger partial charge in [0.2, 0.25) is 10.0 Å². The Hall–Kier alpha value is -1.70. The van der Waals surface area contributed by atoms with Crippen LogP contribution in [0.1, 0.15) is 20.3 Å². The van der Waals surface area contributed by atoms with Gasteiger partial charge >= 0.3 is 5.63 Å². The van der Waals surface area contributed by atoms with E-state index >= 15 is 0 Å². The van der Waals surface area contributed by atoms with Gasteiger partial charge in [0.05, 0.1) is 17.0 Å². The van der Waals surface area contributed by atoms with Crippen LogP contribution in [0.3, 0.4) is 0 Å². The van der Waals surface area contributed by atoms with Gasteiger partial charge in [-0.1, -0.05) is 6.92 Å². The fraction of sp³-hybridized carbons (Fsp3) is 0.357. The Bertz CT molecular complexity index is 805. The lowest BCUT2D eigenvalue weighted by Gasteiger charge is -2.26. The lowest BCUT2D eigenvalue weighted by Crippen LogP contribution is -2.48. The minimum absolute atomic E-state index is 0.0528. The minimum Gasteiger partial charge on any atom is -0.423 e. The number of nitrogens with one attached hydrogen (secondary N) is 1. The number of aliphatic hydroxyl groups excluding tert-OH is 1. The number of hydrogen-bond donors (Lipinski definition) is 2. The first kappa shape index (κ1) is 15.7. The number of sulfonamides is 1. The van der Waals surface area contributed by atoms with E-state index in [0.717, 1.165) is 0 Å². The van der Waals surface area contributed by atoms with Gasteiger partial charge in [0.1, 0.15) is 5.58 Å². The highest BCUT2D eigenvalue weighted by atomic mass is 32.2. The van der Waals surface area contributed by atoms with E-state index in [1.165, 1.54) is 30.3 Å². The third-order valence-corrected chi connectivity index (χ3v) is 5.05. The van der Waals surface area contributed by atoms with Crippen molar-refractivity contribution in [2.75, 3.05) is 6.61 Å². The molecule has 1 aromatic heterocycles. The average molecular weight is 311 g/mol. The summed E-state index contributed by atoms with van der Waals surface area (Å²) in [5.74, 6) is 0. The van der Waals surface area contributed by atoms with Crippen LogP contribution in [0, 0.1) is 0 Å². The summed E-state index contributed by atoms with van der Waals surface area (Å²) in [7, 11) is -3.77. The molecule has 2 aromatic rings. The van der Waals surface area contributed by atoms with Crippen molar-refractivity contribution < 1.29 is 17.9 Å². The van der Waals surface area contributed by atoms with Gasteiger partial charge in [-0.2, -0.15) is 0 Å². The molecule has 0 amide bonds. The molecule has 0 aliphatic heterocycles. The van der Waals surface area contributed by atoms with E-state index in [1.807, 2.05) is 0 Å². The minimum atomic E-state index is -3.77. The van der Waals surface area contributed by atoms with Gasteiger partial charge in [0.15, 0.2) is 0 Å². The van der Waals surface area contributed by atoms with Crippen molar-refractivity contribution in [3.05, 3.63) is 40.8 Å². The molecular weight excluding hydrogens is 294 g/mol. The van der Waals surface area contributed by atoms with Crippen LogP contribution in [0.15, 0.2) is 44.4 Å². The van der Waals surface area contributed by atoms with Crippen molar-refractivity contribution in [3.8, 4) is 0 Å². The molecule has 1 atom stereocenters. The van der Waals surface area contributed by atoms with E-state index < -0.39 is 21.2 Å². The van der Waals surface area contributed by atoms with Crippen molar-refractivity contribution in [1.82, 2.24) is 4.72 Å². The number of fused-ring (bicyclic) bond motifs is 1. The Balaban J connectivity index is 2.45. The summed E-state index contributed by atoms with van der Waals surface area (Å²) >= 11 is 0. The Morgan fingerprint density at radius 1 is 1.29 bits per heavy atom. The number of rotatable bonds is 5. The van der Waals surface area contributed by atoms with Crippen molar-refractivity contribution >= 4 is 21.0 Å². The third-order valence-electron chi connectivity index (χ3n) is 3.41. The average Bonchev–Trinajstić information content (AvgIpc) is 2.46. The second-order valence-electron chi connectivity index (χ2n) is 5.13. The predicted octanol–water partition coefficient (Wildman–Crippen LogP) is 1.23. The van der Waals surface area contributed by atoms with E-state index in [1.54, 1.807) is 13.8 Å². The third kappa shape index (κ3) is 3.31. The van der Waals surface area contributed by atoms with Crippen LogP contribution in [-0.2, 0) is 10.0 Å². The zero-order valence-electron chi connectivity index (χ0n) is 11.8. The summed E-state index contributed by atoms with van der Waals surface area (Å²) in [5.41, 5.74) is -1.09. The lowest BCUT2D eigenvalue weighted by molar-refractivity contribution is 0.191. The zero-order chi connectivity index (χ0) is 15.7. The van der Waals surface area contributed by atoms with Crippen LogP contribution in [0.5, 0.6) is 0 Å². The summed E-state index contributed by atoms with van der Waals surface area (Å²) in [4.78, 5) is 11.2. The highest BCUT2D eigenvalue weighted by Crippen LogP contribution is 2.20. The number of hydrogen-bond acceptors (Lipinski definition) is 5. The topological polar surface area (TPSA) is 96.6 Å². The first-order chi connectivity index (χ1) is 9.79. The molecule has 0 spiro atoms. The molecule has 7 heteroatoms. The van der Waals surface area contributed by atoms with Crippen molar-refractivity contribution in [3.63, 3.8) is 0 Å². The summed E-state index contributed by atoms with van der Waals surface area (Å²) in [6.07, 6.45) is 0.450. The summed E-state index contributed by atoms with van der Waals surface area (Å²) in [5, 5.41) is 9.83. The Labute approximate surface area is 122 Å². The van der Waals surface area contributed by atoms with E-state index in [4.69, 9.17) is 4.42 Å². The van der Waals surface area contributed by atoms with Gasteiger partial charge < -0.3 is 9.52 Å². The SMILES string of the molecule is CCC(C)(CO)NS(=O)(=O)c1ccc2oc(=O)ccc2c1. The van der Waals surface area contributed by atoms with E-state index in [2.05, 4.69) is 4.72 Å². The van der Waals surface area contributed by atoms with Crippen LogP contribution in [-0.4, -0.2) is 25.7 Å². The first-order valence-electron chi connectivity index (χ1n) is 6.48. The van der Waals surface area contributed by atoms with Crippen molar-refractivity contribution in [2.45, 2.75) is 30.7 Å². The Morgan fingerprint density at radius 3 is 2.62 bits per heavy atom. The Kier molecular flexibility index (Phi) is 4.18. The lowest BCUT2D eigenvalue weighted by atomic mass is 10.0. The molecule has 0 aliphatic rings. The molecule has 0 radical (unpaired) electrons. The van der Waals surface area contributed by atoms with Gasteiger partial charge in [-0.05, 0) is 37.6 Å². The van der Waals surface area contributed by atoms with Crippen LogP contribution >= 0.6 is 0 Å². The quantitative estimate of drug-likeness (QED) is 0.810. The summed E-state index contributed by atoms with van der Waals surface area (Å²) in [6, 6.07) is 6.96. The largest absolute Gasteiger partial charge is 0.423 e. The van der Waals surface area contributed by atoms with Crippen LogP contribution < -0.4 is 10.3 Å². The molecule has 21 heavy (non-hydrogen) atoms. The second-order valence-corrected chi connectivity index (χ2v) is 6.81. The number of aliphatic hydroxyl groups is 1. The molecule has 6 nitrogen and oxygen atoms in total. The fourth-order valence-corrected chi connectivity index (χ4v) is 3.32. The zero-order valence-corrected chi connectivity index (χ0v) is 12.6. The molecule has 1 aromatic carbocycles. The van der Waals surface area contributed by atoms with Crippen LogP contribution in [0.2, 0.25) is 0 Å². The highest BCUT2D eigenvalue weighted by Gasteiger charge is 2.28. The van der Waals surface area contributed by atoms with Gasteiger partial charge in [-0.3, -0.25) is 0 Å². The van der Waals surface area contributed by atoms with Crippen LogP contribution in [0.4, 0.5) is 0 Å². The standard InChI is InChI=1S/C14H17NO5S/c1-3-14(2,9-16)15-21(18,19)11-5-6-12-10(8-11)4-7-13(17)20-12/h4-8,15-16H,3,9H2,1-2H3. The molecule has 0 saturated heterocycles. The van der Waals surface area contributed by atoms with E-state index in [-0.39, 0.29) is 11.5 Å². The summed E-state index contributed by atoms with van der Waals surface area (Å²) in [6.45, 7) is 3.11. The highest BCUT2D eigenvalue weighted by molar-refractivity contribution is 7.89. The first-order valence-corrected chi connectivity index (χ1v) is 7.97. The predicted molar refractivity (Wildman–Crippen MR) is 78.6 cm³/mol. The van der Waals surface area contributed by atoms with Gasteiger partial charge in [-0.15, -0.1) is 0 Å². The molecule has 0 fully saturated rings. The molecule has 1 heterocycles. The van der Waals surface area contributed by atoms with E-state index in [0.29, 0.717) is 17.4 Å². The monoisotopic (exact) mass is 311 g/mol. The maximum absolute atomic E-state index is 12.4. The van der Waals surface area contributed by atoms with Gasteiger partial charge in [0.25, 0.3) is 0 Å². The maximum Gasteiger partial charge on any atom is 0.336 e. The second kappa shape index (κ2) is 5.59. The van der Waals surface area contributed by atoms with Gasteiger partial charge in [0, 0.05) is 11.5 Å². The molecular formula is C14H17NO5S. The molecule has 0 bridgehead atoms. The maximum atomic E-state index is 12.4. The molecule has 0 saturated carbocycles.